The maximum atomic E-state index is 13.2. The predicted octanol–water partition coefficient (Wildman–Crippen LogP) is 3.95. The number of nitrogen functional groups attached to an aromatic ring is 1. The van der Waals surface area contributed by atoms with Crippen molar-refractivity contribution < 1.29 is 4.39 Å². The summed E-state index contributed by atoms with van der Waals surface area (Å²) < 4.78 is 13.2. The molecule has 2 N–H and O–H groups in total. The number of nitrogens with two attached hydrogens (primary N) is 1. The van der Waals surface area contributed by atoms with E-state index in [0.717, 1.165) is 27.8 Å². The molecule has 0 amide bonds. The Morgan fingerprint density at radius 3 is 2.75 bits per heavy atom. The van der Waals surface area contributed by atoms with Crippen LogP contribution in [-0.2, 0) is 6.42 Å². The summed E-state index contributed by atoms with van der Waals surface area (Å²) >= 11 is 1.62. The first kappa shape index (κ1) is 13.0. The van der Waals surface area contributed by atoms with E-state index in [0.29, 0.717) is 11.6 Å². The van der Waals surface area contributed by atoms with Crippen LogP contribution in [0.15, 0.2) is 24.3 Å². The summed E-state index contributed by atoms with van der Waals surface area (Å²) in [5, 5.41) is 0.898. The highest BCUT2D eigenvalue weighted by atomic mass is 32.1. The molecule has 0 aliphatic rings. The van der Waals surface area contributed by atoms with E-state index in [1.807, 2.05) is 13.0 Å². The first-order valence-electron chi connectivity index (χ1n) is 6.41. The Bertz CT molecular complexity index is 795. The lowest BCUT2D eigenvalue weighted by Gasteiger charge is -2.05. The van der Waals surface area contributed by atoms with Gasteiger partial charge in [-0.1, -0.05) is 6.92 Å². The minimum absolute atomic E-state index is 0.260. The zero-order chi connectivity index (χ0) is 14.3. The lowest BCUT2D eigenvalue weighted by Crippen LogP contribution is -1.97. The van der Waals surface area contributed by atoms with E-state index in [9.17, 15) is 4.39 Å². The van der Waals surface area contributed by atoms with Gasteiger partial charge in [0.25, 0.3) is 0 Å². The van der Waals surface area contributed by atoms with Crippen molar-refractivity contribution in [2.24, 2.45) is 0 Å². The third kappa shape index (κ3) is 2.14. The van der Waals surface area contributed by atoms with E-state index in [2.05, 4.69) is 16.9 Å². The molecule has 0 saturated heterocycles. The third-order valence-electron chi connectivity index (χ3n) is 3.25. The monoisotopic (exact) mass is 287 g/mol. The molecule has 102 valence electrons. The molecule has 2 aromatic heterocycles. The van der Waals surface area contributed by atoms with Crippen LogP contribution in [0.5, 0.6) is 0 Å². The highest BCUT2D eigenvalue weighted by molar-refractivity contribution is 7.18. The van der Waals surface area contributed by atoms with Crippen molar-refractivity contribution in [3.63, 3.8) is 0 Å². The molecular weight excluding hydrogens is 273 g/mol. The van der Waals surface area contributed by atoms with E-state index in [4.69, 9.17) is 5.73 Å². The van der Waals surface area contributed by atoms with Gasteiger partial charge in [-0.2, -0.15) is 0 Å². The maximum absolute atomic E-state index is 13.2. The average molecular weight is 287 g/mol. The smallest absolute Gasteiger partial charge is 0.163 e. The zero-order valence-electron chi connectivity index (χ0n) is 11.3. The van der Waals surface area contributed by atoms with Gasteiger partial charge in [0.15, 0.2) is 5.82 Å². The normalized spacial score (nSPS) is 11.2. The molecule has 5 heteroatoms. The van der Waals surface area contributed by atoms with Crippen LogP contribution in [0.1, 0.15) is 17.4 Å². The van der Waals surface area contributed by atoms with Crippen LogP contribution in [-0.4, -0.2) is 9.97 Å². The number of anilines is 1. The highest BCUT2D eigenvalue weighted by Crippen LogP contribution is 2.31. The molecule has 0 saturated carbocycles. The summed E-state index contributed by atoms with van der Waals surface area (Å²) in [6, 6.07) is 6.62. The molecule has 1 aromatic carbocycles. The first-order valence-corrected chi connectivity index (χ1v) is 7.22. The Labute approximate surface area is 120 Å². The third-order valence-corrected chi connectivity index (χ3v) is 4.42. The van der Waals surface area contributed by atoms with Crippen LogP contribution >= 0.6 is 11.3 Å². The molecule has 0 aliphatic heterocycles. The number of thiophene rings is 1. The fourth-order valence-electron chi connectivity index (χ4n) is 2.17. The zero-order valence-corrected chi connectivity index (χ0v) is 12.1. The number of aryl methyl sites for hydroxylation is 2. The van der Waals surface area contributed by atoms with Crippen LogP contribution < -0.4 is 5.73 Å². The second kappa shape index (κ2) is 4.83. The number of rotatable bonds is 2. The molecule has 0 atom stereocenters. The Hall–Kier alpha value is -2.01. The topological polar surface area (TPSA) is 51.8 Å². The van der Waals surface area contributed by atoms with Gasteiger partial charge in [-0.25, -0.2) is 14.4 Å². The molecule has 3 aromatic rings. The summed E-state index contributed by atoms with van der Waals surface area (Å²) in [4.78, 5) is 11.0. The van der Waals surface area contributed by atoms with Gasteiger partial charge in [-0.15, -0.1) is 11.3 Å². The molecule has 2 heterocycles. The van der Waals surface area contributed by atoms with E-state index < -0.39 is 0 Å². The quantitative estimate of drug-likeness (QED) is 0.776. The Morgan fingerprint density at radius 1 is 1.25 bits per heavy atom. The summed E-state index contributed by atoms with van der Waals surface area (Å²) in [6.07, 6.45) is 0.950. The molecule has 0 aliphatic carbocycles. The van der Waals surface area contributed by atoms with Gasteiger partial charge in [0.2, 0.25) is 0 Å². The molecular formula is C15H14FN3S. The van der Waals surface area contributed by atoms with Crippen molar-refractivity contribution >= 4 is 27.4 Å². The van der Waals surface area contributed by atoms with Crippen LogP contribution in [0.4, 0.5) is 10.2 Å². The SMILES string of the molecule is CCc1cc2c(N)nc(-c3ccc(F)cc3C)nc2s1. The summed E-state index contributed by atoms with van der Waals surface area (Å²) in [5.41, 5.74) is 7.64. The van der Waals surface area contributed by atoms with Crippen molar-refractivity contribution in [2.75, 3.05) is 5.73 Å². The van der Waals surface area contributed by atoms with E-state index in [1.54, 1.807) is 17.4 Å². The van der Waals surface area contributed by atoms with Gasteiger partial charge in [0.1, 0.15) is 16.5 Å². The number of aromatic nitrogens is 2. The van der Waals surface area contributed by atoms with Crippen LogP contribution in [0.3, 0.4) is 0 Å². The van der Waals surface area contributed by atoms with Crippen molar-refractivity contribution in [2.45, 2.75) is 20.3 Å². The van der Waals surface area contributed by atoms with Gasteiger partial charge in [0, 0.05) is 10.4 Å². The molecule has 0 fully saturated rings. The van der Waals surface area contributed by atoms with E-state index >= 15 is 0 Å². The van der Waals surface area contributed by atoms with Gasteiger partial charge in [-0.3, -0.25) is 0 Å². The lowest BCUT2D eigenvalue weighted by molar-refractivity contribution is 0.627. The molecule has 0 bridgehead atoms. The first-order chi connectivity index (χ1) is 9.58. The highest BCUT2D eigenvalue weighted by Gasteiger charge is 2.12. The largest absolute Gasteiger partial charge is 0.383 e. The number of benzene rings is 1. The maximum Gasteiger partial charge on any atom is 0.163 e. The number of nitrogens with zero attached hydrogens (tertiary/aromatic N) is 2. The Kier molecular flexibility index (Phi) is 3.14. The second-order valence-corrected chi connectivity index (χ2v) is 5.79. The number of halogens is 1. The summed E-state index contributed by atoms with van der Waals surface area (Å²) in [5.74, 6) is 0.770. The van der Waals surface area contributed by atoms with Crippen LogP contribution in [0, 0.1) is 12.7 Å². The van der Waals surface area contributed by atoms with Crippen molar-refractivity contribution in [1.29, 1.82) is 0 Å². The van der Waals surface area contributed by atoms with E-state index in [1.165, 1.54) is 17.0 Å². The van der Waals surface area contributed by atoms with Gasteiger partial charge in [-0.05, 0) is 43.2 Å². The Balaban J connectivity index is 2.21. The van der Waals surface area contributed by atoms with Crippen molar-refractivity contribution in [3.8, 4) is 11.4 Å². The number of fused-ring (bicyclic) bond motifs is 1. The lowest BCUT2D eigenvalue weighted by atomic mass is 10.1. The Morgan fingerprint density at radius 2 is 2.05 bits per heavy atom. The average Bonchev–Trinajstić information content (AvgIpc) is 2.82. The number of hydrogen-bond donors (Lipinski definition) is 1. The molecule has 3 rings (SSSR count). The minimum Gasteiger partial charge on any atom is -0.383 e. The fraction of sp³-hybridized carbons (Fsp3) is 0.200. The van der Waals surface area contributed by atoms with Crippen molar-refractivity contribution in [3.05, 3.63) is 40.5 Å². The molecule has 0 spiro atoms. The van der Waals surface area contributed by atoms with Gasteiger partial charge in [0.05, 0.1) is 5.39 Å². The molecule has 20 heavy (non-hydrogen) atoms. The fourth-order valence-corrected chi connectivity index (χ4v) is 3.14. The summed E-state index contributed by atoms with van der Waals surface area (Å²) in [7, 11) is 0. The van der Waals surface area contributed by atoms with Gasteiger partial charge >= 0.3 is 0 Å². The summed E-state index contributed by atoms with van der Waals surface area (Å²) in [6.45, 7) is 3.94. The molecule has 3 nitrogen and oxygen atoms in total. The van der Waals surface area contributed by atoms with E-state index in [-0.39, 0.29) is 5.82 Å². The van der Waals surface area contributed by atoms with Gasteiger partial charge < -0.3 is 5.73 Å². The van der Waals surface area contributed by atoms with Crippen LogP contribution in [0.25, 0.3) is 21.6 Å². The van der Waals surface area contributed by atoms with Crippen molar-refractivity contribution in [1.82, 2.24) is 9.97 Å². The second-order valence-electron chi connectivity index (χ2n) is 4.68. The predicted molar refractivity (Wildman–Crippen MR) is 81.3 cm³/mol. The molecule has 0 unspecified atom stereocenters. The van der Waals surface area contributed by atoms with Crippen LogP contribution in [0.2, 0.25) is 0 Å². The standard InChI is InChI=1S/C15H14FN3S/c1-3-10-7-12-13(17)18-14(19-15(12)20-10)11-5-4-9(16)6-8(11)2/h4-7H,3H2,1-2H3,(H2,17,18,19). The minimum atomic E-state index is -0.260. The number of hydrogen-bond acceptors (Lipinski definition) is 4. The molecule has 0 radical (unpaired) electrons.